The molecule has 0 aliphatic carbocycles. The van der Waals surface area contributed by atoms with E-state index >= 15 is 0 Å². The highest BCUT2D eigenvalue weighted by Crippen LogP contribution is 2.20. The quantitative estimate of drug-likeness (QED) is 0.782. The van der Waals surface area contributed by atoms with Gasteiger partial charge in [0.05, 0.1) is 0 Å². The molecular formula is C21H30N2OS. The molecule has 4 heteroatoms. The molecule has 1 aliphatic heterocycles. The van der Waals surface area contributed by atoms with Crippen molar-refractivity contribution in [2.75, 3.05) is 32.8 Å². The van der Waals surface area contributed by atoms with Gasteiger partial charge in [0.1, 0.15) is 0 Å². The average Bonchev–Trinajstić information content (AvgIpc) is 3.03. The molecule has 3 rings (SSSR count). The molecule has 2 aromatic rings. The first kappa shape index (κ1) is 18.6. The number of piperazine rings is 1. The van der Waals surface area contributed by atoms with Gasteiger partial charge in [0.15, 0.2) is 0 Å². The maximum Gasteiger partial charge on any atom is 0.0446 e. The minimum Gasteiger partial charge on any atom is -0.396 e. The zero-order valence-electron chi connectivity index (χ0n) is 15.2. The van der Waals surface area contributed by atoms with Crippen LogP contribution in [0.3, 0.4) is 0 Å². The monoisotopic (exact) mass is 358 g/mol. The van der Waals surface area contributed by atoms with E-state index in [-0.39, 0.29) is 6.61 Å². The highest BCUT2D eigenvalue weighted by atomic mass is 32.1. The largest absolute Gasteiger partial charge is 0.396 e. The Morgan fingerprint density at radius 2 is 1.96 bits per heavy atom. The number of nitrogens with zero attached hydrogens (tertiary/aromatic N) is 2. The summed E-state index contributed by atoms with van der Waals surface area (Å²) >= 11 is 1.90. The van der Waals surface area contributed by atoms with Crippen LogP contribution in [-0.4, -0.2) is 53.7 Å². The van der Waals surface area contributed by atoms with Crippen LogP contribution in [0.2, 0.25) is 0 Å². The zero-order chi connectivity index (χ0) is 17.5. The number of hydrogen-bond acceptors (Lipinski definition) is 4. The van der Waals surface area contributed by atoms with E-state index < -0.39 is 0 Å². The third-order valence-electron chi connectivity index (χ3n) is 5.08. The standard InChI is InChI=1S/C21H30N2OS/c1-18-9-10-21(25-18)17-22-13-14-23(20(16-22)11-15-24)12-5-8-19-6-3-2-4-7-19/h2-4,6-7,9-10,20,24H,5,8,11-17H2,1H3/t20-/m1/s1. The van der Waals surface area contributed by atoms with E-state index in [4.69, 9.17) is 0 Å². The molecule has 0 spiro atoms. The molecule has 0 bridgehead atoms. The summed E-state index contributed by atoms with van der Waals surface area (Å²) in [6.45, 7) is 7.96. The molecule has 0 radical (unpaired) electrons. The van der Waals surface area contributed by atoms with Crippen LogP contribution in [0, 0.1) is 6.92 Å². The molecule has 1 aromatic carbocycles. The lowest BCUT2D eigenvalue weighted by Gasteiger charge is -2.41. The van der Waals surface area contributed by atoms with Gasteiger partial charge in [-0.2, -0.15) is 0 Å². The number of rotatable bonds is 8. The van der Waals surface area contributed by atoms with E-state index in [1.807, 2.05) is 11.3 Å². The number of hydrogen-bond donors (Lipinski definition) is 1. The molecule has 1 N–H and O–H groups in total. The van der Waals surface area contributed by atoms with Gasteiger partial charge in [-0.1, -0.05) is 30.3 Å². The maximum absolute atomic E-state index is 9.48. The lowest BCUT2D eigenvalue weighted by Crippen LogP contribution is -2.53. The van der Waals surface area contributed by atoms with Crippen LogP contribution < -0.4 is 0 Å². The molecule has 0 amide bonds. The second-order valence-corrected chi connectivity index (χ2v) is 8.41. The predicted octanol–water partition coefficient (Wildman–Crippen LogP) is 3.56. The van der Waals surface area contributed by atoms with Gasteiger partial charge in [-0.25, -0.2) is 0 Å². The lowest BCUT2D eigenvalue weighted by molar-refractivity contribution is 0.0552. The first-order valence-corrected chi connectivity index (χ1v) is 10.2. The Balaban J connectivity index is 1.49. The van der Waals surface area contributed by atoms with Crippen LogP contribution in [0.4, 0.5) is 0 Å². The van der Waals surface area contributed by atoms with Crippen molar-refractivity contribution in [3.63, 3.8) is 0 Å². The molecule has 0 unspecified atom stereocenters. The predicted molar refractivity (Wildman–Crippen MR) is 106 cm³/mol. The summed E-state index contributed by atoms with van der Waals surface area (Å²) in [4.78, 5) is 7.99. The fourth-order valence-electron chi connectivity index (χ4n) is 3.74. The number of aryl methyl sites for hydroxylation is 2. The summed E-state index contributed by atoms with van der Waals surface area (Å²) in [7, 11) is 0. The van der Waals surface area contributed by atoms with Crippen molar-refractivity contribution < 1.29 is 5.11 Å². The molecule has 1 atom stereocenters. The summed E-state index contributed by atoms with van der Waals surface area (Å²) in [5, 5.41) is 9.48. The SMILES string of the molecule is Cc1ccc(CN2CCN(CCCc3ccccc3)[C@H](CCO)C2)s1. The van der Waals surface area contributed by atoms with Crippen LogP contribution >= 0.6 is 11.3 Å². The Bertz CT molecular complexity index is 628. The lowest BCUT2D eigenvalue weighted by atomic mass is 10.1. The van der Waals surface area contributed by atoms with E-state index in [2.05, 4.69) is 59.2 Å². The fourth-order valence-corrected chi connectivity index (χ4v) is 4.67. The average molecular weight is 359 g/mol. The third-order valence-corrected chi connectivity index (χ3v) is 6.07. The van der Waals surface area contributed by atoms with Gasteiger partial charge in [-0.05, 0) is 50.4 Å². The molecular weight excluding hydrogens is 328 g/mol. The van der Waals surface area contributed by atoms with E-state index in [0.717, 1.165) is 45.6 Å². The normalized spacial score (nSPS) is 19.4. The summed E-state index contributed by atoms with van der Waals surface area (Å²) in [6, 6.07) is 15.7. The molecule has 1 aliphatic rings. The van der Waals surface area contributed by atoms with Crippen LogP contribution in [0.15, 0.2) is 42.5 Å². The smallest absolute Gasteiger partial charge is 0.0446 e. The summed E-state index contributed by atoms with van der Waals surface area (Å²) in [5.74, 6) is 0. The van der Waals surface area contributed by atoms with Crippen molar-refractivity contribution in [3.8, 4) is 0 Å². The van der Waals surface area contributed by atoms with Gasteiger partial charge < -0.3 is 5.11 Å². The number of aliphatic hydroxyl groups is 1. The Labute approximate surface area is 155 Å². The first-order valence-electron chi connectivity index (χ1n) is 9.41. The van der Waals surface area contributed by atoms with Gasteiger partial charge >= 0.3 is 0 Å². The summed E-state index contributed by atoms with van der Waals surface area (Å²) in [6.07, 6.45) is 3.21. The van der Waals surface area contributed by atoms with Crippen molar-refractivity contribution in [1.82, 2.24) is 9.80 Å². The van der Waals surface area contributed by atoms with Crippen LogP contribution in [0.5, 0.6) is 0 Å². The molecule has 3 nitrogen and oxygen atoms in total. The van der Waals surface area contributed by atoms with Gasteiger partial charge in [0.25, 0.3) is 0 Å². The van der Waals surface area contributed by atoms with Crippen LogP contribution in [0.1, 0.15) is 28.2 Å². The van der Waals surface area contributed by atoms with E-state index in [1.54, 1.807) is 0 Å². The van der Waals surface area contributed by atoms with Gasteiger partial charge in [0.2, 0.25) is 0 Å². The molecule has 1 fully saturated rings. The Morgan fingerprint density at radius 1 is 1.12 bits per heavy atom. The van der Waals surface area contributed by atoms with Crippen molar-refractivity contribution in [3.05, 3.63) is 57.8 Å². The van der Waals surface area contributed by atoms with Gasteiger partial charge in [-0.15, -0.1) is 11.3 Å². The van der Waals surface area contributed by atoms with E-state index in [0.29, 0.717) is 6.04 Å². The highest BCUT2D eigenvalue weighted by Gasteiger charge is 2.26. The van der Waals surface area contributed by atoms with Crippen LogP contribution in [-0.2, 0) is 13.0 Å². The van der Waals surface area contributed by atoms with E-state index in [9.17, 15) is 5.11 Å². The minimum atomic E-state index is 0.284. The molecule has 1 saturated heterocycles. The second kappa shape index (κ2) is 9.48. The number of benzene rings is 1. The molecule has 136 valence electrons. The summed E-state index contributed by atoms with van der Waals surface area (Å²) < 4.78 is 0. The van der Waals surface area contributed by atoms with E-state index in [1.165, 1.54) is 21.7 Å². The molecule has 25 heavy (non-hydrogen) atoms. The van der Waals surface area contributed by atoms with Gasteiger partial charge in [0, 0.05) is 48.6 Å². The Kier molecular flexibility index (Phi) is 7.05. The Morgan fingerprint density at radius 3 is 2.68 bits per heavy atom. The minimum absolute atomic E-state index is 0.284. The van der Waals surface area contributed by atoms with Crippen molar-refractivity contribution in [2.24, 2.45) is 0 Å². The fraction of sp³-hybridized carbons (Fsp3) is 0.524. The topological polar surface area (TPSA) is 26.7 Å². The third kappa shape index (κ3) is 5.65. The maximum atomic E-state index is 9.48. The second-order valence-electron chi connectivity index (χ2n) is 7.04. The van der Waals surface area contributed by atoms with Crippen LogP contribution in [0.25, 0.3) is 0 Å². The number of aliphatic hydroxyl groups excluding tert-OH is 1. The molecule has 2 heterocycles. The molecule has 1 aromatic heterocycles. The Hall–Kier alpha value is -1.20. The summed E-state index contributed by atoms with van der Waals surface area (Å²) in [5.41, 5.74) is 1.42. The molecule has 0 saturated carbocycles. The highest BCUT2D eigenvalue weighted by molar-refractivity contribution is 7.11. The van der Waals surface area contributed by atoms with Crippen molar-refractivity contribution in [1.29, 1.82) is 0 Å². The number of thiophene rings is 1. The zero-order valence-corrected chi connectivity index (χ0v) is 16.0. The van der Waals surface area contributed by atoms with Gasteiger partial charge in [-0.3, -0.25) is 9.80 Å². The van der Waals surface area contributed by atoms with Crippen molar-refractivity contribution >= 4 is 11.3 Å². The first-order chi connectivity index (χ1) is 12.2. The van der Waals surface area contributed by atoms with Crippen molar-refractivity contribution in [2.45, 2.75) is 38.8 Å².